The number of halogens is 1. The number of likely N-dealkylation sites (N-methyl/N-ethyl adjacent to an activating group) is 1. The number of hydrogen-bond donors (Lipinski definition) is 1. The summed E-state index contributed by atoms with van der Waals surface area (Å²) in [5.74, 6) is 0.735. The highest BCUT2D eigenvalue weighted by atomic mass is 19.1. The molecule has 0 aliphatic rings. The van der Waals surface area contributed by atoms with Crippen LogP contribution >= 0.6 is 0 Å². The van der Waals surface area contributed by atoms with Crippen LogP contribution in [-0.4, -0.2) is 27.4 Å². The number of nitrogens with zero attached hydrogens (tertiary/aromatic N) is 3. The van der Waals surface area contributed by atoms with Crippen LogP contribution in [0, 0.1) is 5.82 Å². The molecule has 0 radical (unpaired) electrons. The molecule has 1 unspecified atom stereocenters. The van der Waals surface area contributed by atoms with E-state index in [4.69, 9.17) is 0 Å². The van der Waals surface area contributed by atoms with E-state index in [-0.39, 0.29) is 17.3 Å². The summed E-state index contributed by atoms with van der Waals surface area (Å²) in [7, 11) is 1.90. The monoisotopic (exact) mass is 290 g/mol. The molecule has 0 bridgehead atoms. The maximum absolute atomic E-state index is 13.1. The Hall–Kier alpha value is -1.75. The van der Waals surface area contributed by atoms with Crippen LogP contribution in [0.4, 0.5) is 4.39 Å². The molecule has 1 aromatic carbocycles. The zero-order valence-corrected chi connectivity index (χ0v) is 13.1. The molecule has 0 fully saturated rings. The van der Waals surface area contributed by atoms with Crippen LogP contribution in [0.5, 0.6) is 0 Å². The zero-order valence-electron chi connectivity index (χ0n) is 13.1. The fraction of sp³-hybridized carbons (Fsp3) is 0.500. The van der Waals surface area contributed by atoms with Gasteiger partial charge in [-0.2, -0.15) is 5.10 Å². The minimum atomic E-state index is -0.206. The maximum Gasteiger partial charge on any atom is 0.138 e. The summed E-state index contributed by atoms with van der Waals surface area (Å²) in [6.07, 6.45) is 2.35. The quantitative estimate of drug-likeness (QED) is 0.888. The van der Waals surface area contributed by atoms with Crippen molar-refractivity contribution in [1.82, 2.24) is 20.1 Å². The van der Waals surface area contributed by atoms with Gasteiger partial charge < -0.3 is 5.32 Å². The third-order valence-electron chi connectivity index (χ3n) is 4.10. The first-order valence-electron chi connectivity index (χ1n) is 7.27. The van der Waals surface area contributed by atoms with E-state index >= 15 is 0 Å². The molecule has 0 aliphatic carbocycles. The molecule has 5 heteroatoms. The topological polar surface area (TPSA) is 42.7 Å². The first-order valence-corrected chi connectivity index (χ1v) is 7.27. The van der Waals surface area contributed by atoms with Gasteiger partial charge in [-0.3, -0.25) is 4.68 Å². The molecule has 0 aliphatic heterocycles. The molecule has 4 nitrogen and oxygen atoms in total. The molecule has 0 saturated carbocycles. The molecular formula is C16H23FN4. The number of aryl methyl sites for hydroxylation is 1. The van der Waals surface area contributed by atoms with E-state index in [2.05, 4.69) is 36.2 Å². The van der Waals surface area contributed by atoms with Gasteiger partial charge in [-0.15, -0.1) is 0 Å². The Morgan fingerprint density at radius 1 is 1.29 bits per heavy atom. The highest BCUT2D eigenvalue weighted by Gasteiger charge is 2.31. The van der Waals surface area contributed by atoms with Gasteiger partial charge >= 0.3 is 0 Å². The van der Waals surface area contributed by atoms with Crippen molar-refractivity contribution in [2.75, 3.05) is 6.54 Å². The number of hydrogen-bond acceptors (Lipinski definition) is 3. The number of rotatable bonds is 6. The molecule has 1 atom stereocenters. The molecule has 0 saturated heterocycles. The van der Waals surface area contributed by atoms with Crippen LogP contribution in [0.3, 0.4) is 0 Å². The van der Waals surface area contributed by atoms with E-state index in [1.807, 2.05) is 19.2 Å². The molecule has 21 heavy (non-hydrogen) atoms. The predicted molar refractivity (Wildman–Crippen MR) is 81.6 cm³/mol. The third-order valence-corrected chi connectivity index (χ3v) is 4.10. The Balaban J connectivity index is 2.27. The van der Waals surface area contributed by atoms with Crippen LogP contribution in [0.1, 0.15) is 32.2 Å². The smallest absolute Gasteiger partial charge is 0.138 e. The molecule has 114 valence electrons. The Kier molecular flexibility index (Phi) is 4.73. The van der Waals surface area contributed by atoms with E-state index in [1.165, 1.54) is 12.1 Å². The maximum atomic E-state index is 13.1. The molecule has 0 amide bonds. The predicted octanol–water partition coefficient (Wildman–Crippen LogP) is 2.45. The van der Waals surface area contributed by atoms with Gasteiger partial charge in [0.1, 0.15) is 18.0 Å². The van der Waals surface area contributed by atoms with Crippen molar-refractivity contribution in [3.05, 3.63) is 47.8 Å². The standard InChI is InChI=1S/C16H23FN4/c1-5-18-14(10-15-19-11-20-21(15)4)16(2,3)12-6-8-13(17)9-7-12/h6-9,11,14,18H,5,10H2,1-4H3. The van der Waals surface area contributed by atoms with E-state index < -0.39 is 0 Å². The van der Waals surface area contributed by atoms with Crippen molar-refractivity contribution in [3.8, 4) is 0 Å². The van der Waals surface area contributed by atoms with E-state index in [9.17, 15) is 4.39 Å². The fourth-order valence-corrected chi connectivity index (χ4v) is 2.60. The van der Waals surface area contributed by atoms with E-state index in [0.29, 0.717) is 0 Å². The summed E-state index contributed by atoms with van der Waals surface area (Å²) < 4.78 is 14.9. The minimum absolute atomic E-state index is 0.143. The molecular weight excluding hydrogens is 267 g/mol. The average molecular weight is 290 g/mol. The van der Waals surface area contributed by atoms with Gasteiger partial charge in [0.05, 0.1) is 0 Å². The second-order valence-corrected chi connectivity index (χ2v) is 5.84. The molecule has 2 rings (SSSR count). The number of nitrogens with one attached hydrogen (secondary N) is 1. The van der Waals surface area contributed by atoms with E-state index in [0.717, 1.165) is 24.4 Å². The van der Waals surface area contributed by atoms with Crippen LogP contribution in [0.2, 0.25) is 0 Å². The van der Waals surface area contributed by atoms with Gasteiger partial charge in [0.25, 0.3) is 0 Å². The lowest BCUT2D eigenvalue weighted by molar-refractivity contribution is 0.335. The summed E-state index contributed by atoms with van der Waals surface area (Å²) in [6, 6.07) is 6.94. The normalized spacial score (nSPS) is 13.4. The second kappa shape index (κ2) is 6.35. The van der Waals surface area contributed by atoms with Gasteiger partial charge in [-0.25, -0.2) is 9.37 Å². The van der Waals surface area contributed by atoms with E-state index in [1.54, 1.807) is 11.0 Å². The summed E-state index contributed by atoms with van der Waals surface area (Å²) in [4.78, 5) is 4.31. The Morgan fingerprint density at radius 3 is 2.48 bits per heavy atom. The molecule has 1 N–H and O–H groups in total. The lowest BCUT2D eigenvalue weighted by atomic mass is 9.76. The van der Waals surface area contributed by atoms with Crippen molar-refractivity contribution in [2.45, 2.75) is 38.6 Å². The van der Waals surface area contributed by atoms with Gasteiger partial charge in [0.15, 0.2) is 0 Å². The fourth-order valence-electron chi connectivity index (χ4n) is 2.60. The SMILES string of the molecule is CCNC(Cc1ncnn1C)C(C)(C)c1ccc(F)cc1. The van der Waals surface area contributed by atoms with Gasteiger partial charge in [-0.05, 0) is 24.2 Å². The van der Waals surface area contributed by atoms with Crippen molar-refractivity contribution in [2.24, 2.45) is 7.05 Å². The van der Waals surface area contributed by atoms with Crippen LogP contribution in [0.15, 0.2) is 30.6 Å². The largest absolute Gasteiger partial charge is 0.313 e. The van der Waals surface area contributed by atoms with Crippen molar-refractivity contribution in [1.29, 1.82) is 0 Å². The molecule has 0 spiro atoms. The van der Waals surface area contributed by atoms with Crippen LogP contribution in [-0.2, 0) is 18.9 Å². The first-order chi connectivity index (χ1) is 9.95. The van der Waals surface area contributed by atoms with Crippen molar-refractivity contribution in [3.63, 3.8) is 0 Å². The van der Waals surface area contributed by atoms with Gasteiger partial charge in [-0.1, -0.05) is 32.9 Å². The third kappa shape index (κ3) is 3.47. The van der Waals surface area contributed by atoms with Gasteiger partial charge in [0, 0.05) is 24.9 Å². The van der Waals surface area contributed by atoms with Crippen LogP contribution < -0.4 is 5.32 Å². The lowest BCUT2D eigenvalue weighted by Gasteiger charge is -2.35. The molecule has 1 aromatic heterocycles. The highest BCUT2D eigenvalue weighted by molar-refractivity contribution is 5.27. The summed E-state index contributed by atoms with van der Waals surface area (Å²) >= 11 is 0. The van der Waals surface area contributed by atoms with Crippen molar-refractivity contribution >= 4 is 0 Å². The minimum Gasteiger partial charge on any atom is -0.313 e. The van der Waals surface area contributed by atoms with Crippen molar-refractivity contribution < 1.29 is 4.39 Å². The zero-order chi connectivity index (χ0) is 15.5. The molecule has 1 heterocycles. The highest BCUT2D eigenvalue weighted by Crippen LogP contribution is 2.29. The van der Waals surface area contributed by atoms with Gasteiger partial charge in [0.2, 0.25) is 0 Å². The first kappa shape index (κ1) is 15.6. The Morgan fingerprint density at radius 2 is 1.95 bits per heavy atom. The number of benzene rings is 1. The summed E-state index contributed by atoms with van der Waals surface area (Å²) in [6.45, 7) is 7.30. The number of aromatic nitrogens is 3. The average Bonchev–Trinajstić information content (AvgIpc) is 2.84. The summed E-state index contributed by atoms with van der Waals surface area (Å²) in [5, 5.41) is 7.65. The Bertz CT molecular complexity index is 574. The Labute approximate surface area is 125 Å². The lowest BCUT2D eigenvalue weighted by Crippen LogP contribution is -2.46. The molecule has 2 aromatic rings. The van der Waals surface area contributed by atoms with Crippen LogP contribution in [0.25, 0.3) is 0 Å². The second-order valence-electron chi connectivity index (χ2n) is 5.84. The summed E-state index contributed by atoms with van der Waals surface area (Å²) in [5.41, 5.74) is 0.965.